The molecule has 0 aliphatic carbocycles. The second-order valence-electron chi connectivity index (χ2n) is 6.34. The highest BCUT2D eigenvalue weighted by molar-refractivity contribution is 7.99. The Morgan fingerprint density at radius 1 is 1.18 bits per heavy atom. The predicted octanol–water partition coefficient (Wildman–Crippen LogP) is 4.31. The highest BCUT2D eigenvalue weighted by atomic mass is 35.5. The summed E-state index contributed by atoms with van der Waals surface area (Å²) in [4.78, 5) is 32.2. The SMILES string of the molecule is CCN(CC)C(=O)CSc1nc2cc(Cl)ccc2c(=O)n1-c1ccccc1C. The number of para-hydroxylation sites is 1. The number of amides is 1. The number of aromatic nitrogens is 2. The first-order valence-electron chi connectivity index (χ1n) is 9.15. The fraction of sp³-hybridized carbons (Fsp3) is 0.286. The molecular formula is C21H22ClN3O2S. The van der Waals surface area contributed by atoms with Crippen molar-refractivity contribution in [3.63, 3.8) is 0 Å². The van der Waals surface area contributed by atoms with E-state index in [4.69, 9.17) is 11.6 Å². The number of carbonyl (C=O) groups excluding carboxylic acids is 1. The number of rotatable bonds is 6. The van der Waals surface area contributed by atoms with Crippen molar-refractivity contribution >= 4 is 40.2 Å². The zero-order chi connectivity index (χ0) is 20.3. The van der Waals surface area contributed by atoms with E-state index >= 15 is 0 Å². The van der Waals surface area contributed by atoms with Crippen LogP contribution in [0.1, 0.15) is 19.4 Å². The maximum absolute atomic E-state index is 13.3. The molecule has 5 nitrogen and oxygen atoms in total. The molecule has 0 bridgehead atoms. The molecule has 0 aliphatic heterocycles. The molecule has 0 radical (unpaired) electrons. The minimum Gasteiger partial charge on any atom is -0.343 e. The van der Waals surface area contributed by atoms with Gasteiger partial charge >= 0.3 is 0 Å². The smallest absolute Gasteiger partial charge is 0.266 e. The summed E-state index contributed by atoms with van der Waals surface area (Å²) < 4.78 is 1.59. The molecule has 28 heavy (non-hydrogen) atoms. The second kappa shape index (κ2) is 8.80. The van der Waals surface area contributed by atoms with Crippen LogP contribution in [0.3, 0.4) is 0 Å². The maximum Gasteiger partial charge on any atom is 0.266 e. The van der Waals surface area contributed by atoms with Gasteiger partial charge in [0, 0.05) is 18.1 Å². The fourth-order valence-electron chi connectivity index (χ4n) is 3.06. The van der Waals surface area contributed by atoms with Gasteiger partial charge < -0.3 is 4.90 Å². The number of hydrogen-bond donors (Lipinski definition) is 0. The minimum absolute atomic E-state index is 0.0202. The lowest BCUT2D eigenvalue weighted by Gasteiger charge is -2.19. The molecule has 2 aromatic carbocycles. The van der Waals surface area contributed by atoms with E-state index in [1.807, 2.05) is 45.0 Å². The molecule has 0 spiro atoms. The molecule has 0 N–H and O–H groups in total. The Hall–Kier alpha value is -2.31. The van der Waals surface area contributed by atoms with Gasteiger partial charge in [0.25, 0.3) is 5.56 Å². The van der Waals surface area contributed by atoms with Crippen LogP contribution in [-0.4, -0.2) is 39.2 Å². The van der Waals surface area contributed by atoms with Crippen LogP contribution in [0.25, 0.3) is 16.6 Å². The summed E-state index contributed by atoms with van der Waals surface area (Å²) >= 11 is 7.37. The van der Waals surface area contributed by atoms with Gasteiger partial charge in [0.1, 0.15) is 0 Å². The number of aryl methyl sites for hydroxylation is 1. The van der Waals surface area contributed by atoms with Crippen molar-refractivity contribution in [2.45, 2.75) is 25.9 Å². The number of hydrogen-bond acceptors (Lipinski definition) is 4. The third-order valence-corrected chi connectivity index (χ3v) is 5.76. The van der Waals surface area contributed by atoms with E-state index in [1.165, 1.54) is 11.8 Å². The number of halogens is 1. The summed E-state index contributed by atoms with van der Waals surface area (Å²) in [6.45, 7) is 7.16. The molecule has 1 heterocycles. The number of nitrogens with zero attached hydrogens (tertiary/aromatic N) is 3. The molecule has 3 aromatic rings. The van der Waals surface area contributed by atoms with Crippen LogP contribution in [0.2, 0.25) is 5.02 Å². The number of thioether (sulfide) groups is 1. The Kier molecular flexibility index (Phi) is 6.42. The molecule has 1 aromatic heterocycles. The molecule has 0 saturated heterocycles. The normalized spacial score (nSPS) is 11.0. The van der Waals surface area contributed by atoms with Crippen LogP contribution in [0, 0.1) is 6.92 Å². The second-order valence-corrected chi connectivity index (χ2v) is 7.72. The van der Waals surface area contributed by atoms with Gasteiger partial charge in [-0.1, -0.05) is 41.6 Å². The minimum atomic E-state index is -0.172. The fourth-order valence-corrected chi connectivity index (χ4v) is 4.13. The van der Waals surface area contributed by atoms with Crippen molar-refractivity contribution < 1.29 is 4.79 Å². The molecule has 7 heteroatoms. The van der Waals surface area contributed by atoms with E-state index in [-0.39, 0.29) is 17.2 Å². The molecule has 146 valence electrons. The molecule has 0 saturated carbocycles. The van der Waals surface area contributed by atoms with Crippen molar-refractivity contribution in [1.29, 1.82) is 0 Å². The maximum atomic E-state index is 13.3. The predicted molar refractivity (Wildman–Crippen MR) is 116 cm³/mol. The number of benzene rings is 2. The van der Waals surface area contributed by atoms with E-state index in [1.54, 1.807) is 27.7 Å². The van der Waals surface area contributed by atoms with Crippen LogP contribution in [-0.2, 0) is 4.79 Å². The molecular weight excluding hydrogens is 394 g/mol. The molecule has 0 unspecified atom stereocenters. The lowest BCUT2D eigenvalue weighted by atomic mass is 10.2. The molecule has 0 fully saturated rings. The van der Waals surface area contributed by atoms with Crippen molar-refractivity contribution in [1.82, 2.24) is 14.5 Å². The Morgan fingerprint density at radius 2 is 1.89 bits per heavy atom. The summed E-state index contributed by atoms with van der Waals surface area (Å²) in [5.74, 6) is 0.235. The Bertz CT molecular complexity index is 1080. The van der Waals surface area contributed by atoms with E-state index in [0.717, 1.165) is 11.3 Å². The van der Waals surface area contributed by atoms with Crippen molar-refractivity contribution in [2.24, 2.45) is 0 Å². The average Bonchev–Trinajstić information content (AvgIpc) is 2.68. The summed E-state index contributed by atoms with van der Waals surface area (Å²) in [5.41, 5.74) is 2.07. The van der Waals surface area contributed by atoms with E-state index in [0.29, 0.717) is 34.2 Å². The largest absolute Gasteiger partial charge is 0.343 e. The Morgan fingerprint density at radius 3 is 2.57 bits per heavy atom. The van der Waals surface area contributed by atoms with Gasteiger partial charge in [-0.25, -0.2) is 4.98 Å². The lowest BCUT2D eigenvalue weighted by Crippen LogP contribution is -2.32. The van der Waals surface area contributed by atoms with E-state index < -0.39 is 0 Å². The topological polar surface area (TPSA) is 55.2 Å². The zero-order valence-electron chi connectivity index (χ0n) is 16.1. The van der Waals surface area contributed by atoms with Crippen molar-refractivity contribution in [3.05, 3.63) is 63.4 Å². The van der Waals surface area contributed by atoms with Gasteiger partial charge in [0.15, 0.2) is 5.16 Å². The third kappa shape index (κ3) is 4.08. The first-order chi connectivity index (χ1) is 13.5. The van der Waals surface area contributed by atoms with Gasteiger partial charge in [-0.2, -0.15) is 0 Å². The van der Waals surface area contributed by atoms with Gasteiger partial charge in [0.2, 0.25) is 5.91 Å². The standard InChI is InChI=1S/C21H22ClN3O2S/c1-4-24(5-2)19(26)13-28-21-23-17-12-15(22)10-11-16(17)20(27)25(21)18-9-7-6-8-14(18)3/h6-12H,4-5,13H2,1-3H3. The molecule has 1 amide bonds. The molecule has 0 aliphatic rings. The van der Waals surface area contributed by atoms with Crippen molar-refractivity contribution in [3.8, 4) is 5.69 Å². The van der Waals surface area contributed by atoms with Crippen LogP contribution < -0.4 is 5.56 Å². The summed E-state index contributed by atoms with van der Waals surface area (Å²) in [6, 6.07) is 12.7. The van der Waals surface area contributed by atoms with Gasteiger partial charge in [-0.15, -0.1) is 0 Å². The van der Waals surface area contributed by atoms with E-state index in [2.05, 4.69) is 4.98 Å². The first kappa shape index (κ1) is 20.4. The van der Waals surface area contributed by atoms with Gasteiger partial charge in [0.05, 0.1) is 22.3 Å². The highest BCUT2D eigenvalue weighted by Crippen LogP contribution is 2.24. The Labute approximate surface area is 173 Å². The van der Waals surface area contributed by atoms with Gasteiger partial charge in [-0.05, 0) is 50.6 Å². The third-order valence-electron chi connectivity index (χ3n) is 4.60. The summed E-state index contributed by atoms with van der Waals surface area (Å²) in [5, 5.41) is 1.49. The number of fused-ring (bicyclic) bond motifs is 1. The first-order valence-corrected chi connectivity index (χ1v) is 10.5. The van der Waals surface area contributed by atoms with E-state index in [9.17, 15) is 9.59 Å². The monoisotopic (exact) mass is 415 g/mol. The van der Waals surface area contributed by atoms with Crippen molar-refractivity contribution in [2.75, 3.05) is 18.8 Å². The quantitative estimate of drug-likeness (QED) is 0.444. The molecule has 3 rings (SSSR count). The number of carbonyl (C=O) groups is 1. The molecule has 0 atom stereocenters. The highest BCUT2D eigenvalue weighted by Gasteiger charge is 2.17. The zero-order valence-corrected chi connectivity index (χ0v) is 17.7. The van der Waals surface area contributed by atoms with Crippen LogP contribution in [0.15, 0.2) is 52.4 Å². The lowest BCUT2D eigenvalue weighted by molar-refractivity contribution is -0.127. The van der Waals surface area contributed by atoms with Crippen LogP contribution >= 0.6 is 23.4 Å². The van der Waals surface area contributed by atoms with Crippen LogP contribution in [0.5, 0.6) is 0 Å². The van der Waals surface area contributed by atoms with Gasteiger partial charge in [-0.3, -0.25) is 14.2 Å². The Balaban J connectivity index is 2.14. The summed E-state index contributed by atoms with van der Waals surface area (Å²) in [7, 11) is 0. The summed E-state index contributed by atoms with van der Waals surface area (Å²) in [6.07, 6.45) is 0. The van der Waals surface area contributed by atoms with Crippen LogP contribution in [0.4, 0.5) is 0 Å². The average molecular weight is 416 g/mol.